The van der Waals surface area contributed by atoms with E-state index in [-0.39, 0.29) is 17.6 Å². The number of methoxy groups -OCH3 is 1. The Hall–Kier alpha value is -3.06. The van der Waals surface area contributed by atoms with Gasteiger partial charge in [0.05, 0.1) is 29.8 Å². The second-order valence-electron chi connectivity index (χ2n) is 8.22. The van der Waals surface area contributed by atoms with Gasteiger partial charge in [-0.3, -0.25) is 9.78 Å². The molecule has 6 nitrogen and oxygen atoms in total. The standard InChI is InChI=1S/C24H26FN3O3/c1-15(28-23(29)17-3-6-22(31-2)27-14-17)24(30)10-7-16(8-11-24)19-9-12-26-21-5-4-18(25)13-20(19)21/h3-6,9,12-16,30H,7-8,10-11H2,1-2H3,(H,28,29). The molecule has 2 N–H and O–H groups in total. The van der Waals surface area contributed by atoms with Crippen molar-refractivity contribution in [2.75, 3.05) is 7.11 Å². The van der Waals surface area contributed by atoms with Gasteiger partial charge in [-0.25, -0.2) is 9.37 Å². The monoisotopic (exact) mass is 423 g/mol. The largest absolute Gasteiger partial charge is 0.481 e. The number of amides is 1. The highest BCUT2D eigenvalue weighted by molar-refractivity contribution is 5.94. The molecule has 162 valence electrons. The topological polar surface area (TPSA) is 84.3 Å². The molecule has 1 atom stereocenters. The molecule has 1 aliphatic rings. The number of nitrogens with zero attached hydrogens (tertiary/aromatic N) is 2. The third-order valence-electron chi connectivity index (χ3n) is 6.39. The van der Waals surface area contributed by atoms with Gasteiger partial charge in [-0.2, -0.15) is 0 Å². The summed E-state index contributed by atoms with van der Waals surface area (Å²) in [5, 5.41) is 14.9. The van der Waals surface area contributed by atoms with Gasteiger partial charge in [0.15, 0.2) is 0 Å². The summed E-state index contributed by atoms with van der Waals surface area (Å²) in [7, 11) is 1.52. The lowest BCUT2D eigenvalue weighted by Gasteiger charge is -2.40. The number of ether oxygens (including phenoxy) is 1. The number of nitrogens with one attached hydrogen (secondary N) is 1. The summed E-state index contributed by atoms with van der Waals surface area (Å²) >= 11 is 0. The second kappa shape index (κ2) is 8.59. The van der Waals surface area contributed by atoms with Crippen LogP contribution >= 0.6 is 0 Å². The first kappa shape index (κ1) is 21.2. The summed E-state index contributed by atoms with van der Waals surface area (Å²) in [6.07, 6.45) is 5.78. The van der Waals surface area contributed by atoms with Crippen LogP contribution < -0.4 is 10.1 Å². The van der Waals surface area contributed by atoms with E-state index in [1.54, 1.807) is 24.4 Å². The molecule has 4 rings (SSSR count). The van der Waals surface area contributed by atoms with Crippen LogP contribution in [-0.2, 0) is 0 Å². The highest BCUT2D eigenvalue weighted by Gasteiger charge is 2.39. The van der Waals surface area contributed by atoms with Crippen LogP contribution in [0, 0.1) is 5.82 Å². The molecule has 2 heterocycles. The zero-order chi connectivity index (χ0) is 22.0. The van der Waals surface area contributed by atoms with E-state index >= 15 is 0 Å². The Bertz CT molecular complexity index is 1080. The van der Waals surface area contributed by atoms with Crippen molar-refractivity contribution in [3.8, 4) is 5.88 Å². The van der Waals surface area contributed by atoms with Crippen LogP contribution in [0.25, 0.3) is 10.9 Å². The van der Waals surface area contributed by atoms with Crippen molar-refractivity contribution in [2.24, 2.45) is 0 Å². The smallest absolute Gasteiger partial charge is 0.253 e. The number of halogens is 1. The molecule has 1 aliphatic carbocycles. The first-order chi connectivity index (χ1) is 14.9. The third-order valence-corrected chi connectivity index (χ3v) is 6.39. The minimum atomic E-state index is -1.000. The molecule has 0 aliphatic heterocycles. The number of fused-ring (bicyclic) bond motifs is 1. The molecule has 2 aromatic heterocycles. The molecule has 7 heteroatoms. The fraction of sp³-hybridized carbons (Fsp3) is 0.375. The van der Waals surface area contributed by atoms with Gasteiger partial charge in [-0.05, 0) is 74.4 Å². The molecular weight excluding hydrogens is 397 g/mol. The van der Waals surface area contributed by atoms with Gasteiger partial charge < -0.3 is 15.2 Å². The van der Waals surface area contributed by atoms with Crippen molar-refractivity contribution in [3.63, 3.8) is 0 Å². The van der Waals surface area contributed by atoms with Gasteiger partial charge >= 0.3 is 0 Å². The Kier molecular flexibility index (Phi) is 5.87. The highest BCUT2D eigenvalue weighted by Crippen LogP contribution is 2.41. The average Bonchev–Trinajstić information content (AvgIpc) is 2.79. The first-order valence-electron chi connectivity index (χ1n) is 10.5. The van der Waals surface area contributed by atoms with E-state index in [0.717, 1.165) is 29.3 Å². The number of hydrogen-bond acceptors (Lipinski definition) is 5. The Labute approximate surface area is 180 Å². The lowest BCUT2D eigenvalue weighted by molar-refractivity contribution is -0.0276. The zero-order valence-corrected chi connectivity index (χ0v) is 17.6. The lowest BCUT2D eigenvalue weighted by Crippen LogP contribution is -2.52. The molecule has 0 spiro atoms. The molecule has 1 aromatic carbocycles. The Balaban J connectivity index is 1.43. The number of aromatic nitrogens is 2. The van der Waals surface area contributed by atoms with Crippen LogP contribution in [0.2, 0.25) is 0 Å². The van der Waals surface area contributed by atoms with E-state index in [9.17, 15) is 14.3 Å². The van der Waals surface area contributed by atoms with Crippen LogP contribution in [0.3, 0.4) is 0 Å². The van der Waals surface area contributed by atoms with Gasteiger partial charge in [0, 0.05) is 23.8 Å². The number of hydrogen-bond donors (Lipinski definition) is 2. The van der Waals surface area contributed by atoms with Gasteiger partial charge in [-0.1, -0.05) is 0 Å². The van der Waals surface area contributed by atoms with Crippen molar-refractivity contribution in [1.29, 1.82) is 0 Å². The number of aliphatic hydroxyl groups is 1. The van der Waals surface area contributed by atoms with Gasteiger partial charge in [0.1, 0.15) is 5.82 Å². The maximum atomic E-state index is 13.8. The summed E-state index contributed by atoms with van der Waals surface area (Å²) < 4.78 is 18.8. The molecule has 1 saturated carbocycles. The Morgan fingerprint density at radius 3 is 2.68 bits per heavy atom. The van der Waals surface area contributed by atoms with E-state index < -0.39 is 11.6 Å². The number of pyridine rings is 2. The van der Waals surface area contributed by atoms with Crippen molar-refractivity contribution < 1.29 is 19.0 Å². The van der Waals surface area contributed by atoms with E-state index in [1.165, 1.54) is 25.4 Å². The maximum absolute atomic E-state index is 13.8. The van der Waals surface area contributed by atoms with E-state index in [1.807, 2.05) is 13.0 Å². The molecular formula is C24H26FN3O3. The predicted octanol–water partition coefficient (Wildman–Crippen LogP) is 3.98. The van der Waals surface area contributed by atoms with Crippen LogP contribution in [0.4, 0.5) is 4.39 Å². The SMILES string of the molecule is COc1ccc(C(=O)NC(C)C2(O)CCC(c3ccnc4ccc(F)cc34)CC2)cn1. The van der Waals surface area contributed by atoms with Crippen molar-refractivity contribution in [2.45, 2.75) is 50.2 Å². The number of carbonyl (C=O) groups excluding carboxylic acids is 1. The fourth-order valence-corrected chi connectivity index (χ4v) is 4.41. The normalized spacial score (nSPS) is 22.1. The summed E-state index contributed by atoms with van der Waals surface area (Å²) in [6, 6.07) is 9.43. The van der Waals surface area contributed by atoms with Crippen LogP contribution in [0.1, 0.15) is 54.4 Å². The predicted molar refractivity (Wildman–Crippen MR) is 116 cm³/mol. The summed E-state index contributed by atoms with van der Waals surface area (Å²) in [4.78, 5) is 20.9. The second-order valence-corrected chi connectivity index (χ2v) is 8.22. The molecule has 0 bridgehead atoms. The molecule has 0 saturated heterocycles. The fourth-order valence-electron chi connectivity index (χ4n) is 4.41. The summed E-state index contributed by atoms with van der Waals surface area (Å²) in [5.74, 6) is 0.0820. The molecule has 31 heavy (non-hydrogen) atoms. The quantitative estimate of drug-likeness (QED) is 0.648. The van der Waals surface area contributed by atoms with Gasteiger partial charge in [0.25, 0.3) is 5.91 Å². The minimum Gasteiger partial charge on any atom is -0.481 e. The molecule has 0 radical (unpaired) electrons. The van der Waals surface area contributed by atoms with Gasteiger partial charge in [0.2, 0.25) is 5.88 Å². The van der Waals surface area contributed by atoms with Crippen molar-refractivity contribution in [1.82, 2.24) is 15.3 Å². The molecule has 1 fully saturated rings. The zero-order valence-electron chi connectivity index (χ0n) is 17.6. The first-order valence-corrected chi connectivity index (χ1v) is 10.5. The number of benzene rings is 1. The Morgan fingerprint density at radius 2 is 2.00 bits per heavy atom. The van der Waals surface area contributed by atoms with Crippen molar-refractivity contribution >= 4 is 16.8 Å². The molecule has 1 amide bonds. The van der Waals surface area contributed by atoms with Crippen molar-refractivity contribution in [3.05, 3.63) is 65.7 Å². The maximum Gasteiger partial charge on any atom is 0.253 e. The lowest BCUT2D eigenvalue weighted by atomic mass is 9.73. The van der Waals surface area contributed by atoms with Crippen LogP contribution in [0.15, 0.2) is 48.8 Å². The van der Waals surface area contributed by atoms with E-state index in [0.29, 0.717) is 24.3 Å². The number of rotatable bonds is 5. The van der Waals surface area contributed by atoms with Crippen LogP contribution in [0.5, 0.6) is 5.88 Å². The van der Waals surface area contributed by atoms with Crippen LogP contribution in [-0.4, -0.2) is 39.7 Å². The van der Waals surface area contributed by atoms with Gasteiger partial charge in [-0.15, -0.1) is 0 Å². The molecule has 1 unspecified atom stereocenters. The van der Waals surface area contributed by atoms with E-state index in [4.69, 9.17) is 4.74 Å². The Morgan fingerprint density at radius 1 is 1.23 bits per heavy atom. The number of carbonyl (C=O) groups is 1. The highest BCUT2D eigenvalue weighted by atomic mass is 19.1. The minimum absolute atomic E-state index is 0.210. The average molecular weight is 423 g/mol. The summed E-state index contributed by atoms with van der Waals surface area (Å²) in [6.45, 7) is 1.83. The van der Waals surface area contributed by atoms with E-state index in [2.05, 4.69) is 15.3 Å². The summed E-state index contributed by atoms with van der Waals surface area (Å²) in [5.41, 5.74) is 1.25. The third kappa shape index (κ3) is 4.37. The molecule has 3 aromatic rings.